The van der Waals surface area contributed by atoms with E-state index >= 15 is 0 Å². The lowest BCUT2D eigenvalue weighted by Crippen LogP contribution is -2.57. The van der Waals surface area contributed by atoms with E-state index in [1.165, 1.54) is 38.5 Å². The summed E-state index contributed by atoms with van der Waals surface area (Å²) in [4.78, 5) is 0. The van der Waals surface area contributed by atoms with Crippen molar-refractivity contribution in [1.82, 2.24) is 0 Å². The van der Waals surface area contributed by atoms with Crippen molar-refractivity contribution in [3.05, 3.63) is 0 Å². The first-order chi connectivity index (χ1) is 9.97. The molecule has 0 spiro atoms. The van der Waals surface area contributed by atoms with Gasteiger partial charge in [0, 0.05) is 0 Å². The van der Waals surface area contributed by atoms with E-state index in [0.717, 1.165) is 25.2 Å². The molecule has 8 atom stereocenters. The summed E-state index contributed by atoms with van der Waals surface area (Å²) >= 11 is 0. The van der Waals surface area contributed by atoms with Gasteiger partial charge in [0.2, 0.25) is 0 Å². The second-order valence-corrected chi connectivity index (χ2v) is 9.19. The minimum Gasteiger partial charge on any atom is -0.393 e. The lowest BCUT2D eigenvalue weighted by atomic mass is 9.44. The quantitative estimate of drug-likeness (QED) is 0.714. The van der Waals surface area contributed by atoms with Gasteiger partial charge in [0.05, 0.1) is 12.2 Å². The molecule has 0 aromatic rings. The molecule has 0 amide bonds. The Morgan fingerprint density at radius 1 is 0.857 bits per heavy atom. The number of fused-ring (bicyclic) bond motifs is 5. The number of aliphatic hydroxyl groups excluding tert-OH is 2. The van der Waals surface area contributed by atoms with Gasteiger partial charge < -0.3 is 10.2 Å². The molecule has 0 unspecified atom stereocenters. The van der Waals surface area contributed by atoms with Gasteiger partial charge in [-0.3, -0.25) is 0 Å². The monoisotopic (exact) mass is 292 g/mol. The molecule has 0 heterocycles. The third-order valence-electron chi connectivity index (χ3n) is 8.52. The average molecular weight is 292 g/mol. The van der Waals surface area contributed by atoms with Gasteiger partial charge in [-0.05, 0) is 79.4 Å². The van der Waals surface area contributed by atoms with Crippen LogP contribution in [0.3, 0.4) is 0 Å². The summed E-state index contributed by atoms with van der Waals surface area (Å²) in [6.07, 6.45) is 10.8. The Bertz CT molecular complexity index is 422. The maximum atomic E-state index is 10.9. The number of rotatable bonds is 0. The molecule has 4 fully saturated rings. The Hall–Kier alpha value is -0.0800. The molecule has 0 saturated heterocycles. The molecule has 4 aliphatic carbocycles. The van der Waals surface area contributed by atoms with Gasteiger partial charge in [-0.2, -0.15) is 0 Å². The first-order valence-corrected chi connectivity index (χ1v) is 9.33. The average Bonchev–Trinajstić information content (AvgIpc) is 2.77. The van der Waals surface area contributed by atoms with Crippen molar-refractivity contribution in [2.45, 2.75) is 83.8 Å². The summed E-state index contributed by atoms with van der Waals surface area (Å²) in [6, 6.07) is 0. The summed E-state index contributed by atoms with van der Waals surface area (Å²) < 4.78 is 0. The van der Waals surface area contributed by atoms with Gasteiger partial charge in [0.15, 0.2) is 0 Å². The highest BCUT2D eigenvalue weighted by atomic mass is 16.3. The smallest absolute Gasteiger partial charge is 0.0600 e. The molecule has 2 nitrogen and oxygen atoms in total. The second kappa shape index (κ2) is 4.71. The Morgan fingerprint density at radius 2 is 1.67 bits per heavy atom. The normalized spacial score (nSPS) is 60.0. The molecule has 4 rings (SSSR count). The van der Waals surface area contributed by atoms with E-state index in [4.69, 9.17) is 0 Å². The van der Waals surface area contributed by atoms with Crippen molar-refractivity contribution in [3.8, 4) is 0 Å². The van der Waals surface area contributed by atoms with Gasteiger partial charge in [-0.25, -0.2) is 0 Å². The lowest BCUT2D eigenvalue weighted by molar-refractivity contribution is -0.167. The van der Waals surface area contributed by atoms with Crippen LogP contribution in [0.15, 0.2) is 0 Å². The van der Waals surface area contributed by atoms with E-state index < -0.39 is 0 Å². The Kier molecular flexibility index (Phi) is 3.25. The van der Waals surface area contributed by atoms with Crippen LogP contribution in [-0.2, 0) is 0 Å². The molecule has 2 heteroatoms. The fraction of sp³-hybridized carbons (Fsp3) is 1.00. The summed E-state index contributed by atoms with van der Waals surface area (Å²) in [7, 11) is 0. The molecule has 120 valence electrons. The Morgan fingerprint density at radius 3 is 2.48 bits per heavy atom. The van der Waals surface area contributed by atoms with Crippen LogP contribution in [0.25, 0.3) is 0 Å². The van der Waals surface area contributed by atoms with Crippen LogP contribution in [0, 0.1) is 34.5 Å². The zero-order chi connectivity index (χ0) is 14.8. The van der Waals surface area contributed by atoms with Crippen LogP contribution in [0.1, 0.15) is 71.6 Å². The molecule has 0 aliphatic heterocycles. The molecular weight excluding hydrogens is 260 g/mol. The lowest BCUT2D eigenvalue weighted by Gasteiger charge is -2.61. The molecule has 0 aromatic heterocycles. The summed E-state index contributed by atoms with van der Waals surface area (Å²) in [5.41, 5.74) is 0.421. The fourth-order valence-corrected chi connectivity index (χ4v) is 7.27. The zero-order valence-electron chi connectivity index (χ0n) is 13.7. The van der Waals surface area contributed by atoms with E-state index in [1.807, 2.05) is 0 Å². The third-order valence-corrected chi connectivity index (χ3v) is 8.52. The number of hydrogen-bond donors (Lipinski definition) is 2. The Balaban J connectivity index is 1.70. The van der Waals surface area contributed by atoms with Crippen LogP contribution in [0.2, 0.25) is 0 Å². The predicted molar refractivity (Wildman–Crippen MR) is 83.7 cm³/mol. The molecular formula is C19H32O2. The summed E-state index contributed by atoms with van der Waals surface area (Å²) in [5, 5.41) is 21.5. The van der Waals surface area contributed by atoms with Gasteiger partial charge in [-0.1, -0.05) is 26.7 Å². The number of hydrogen-bond acceptors (Lipinski definition) is 2. The Labute approximate surface area is 129 Å². The SMILES string of the molecule is C[C@]12CCCC[C@@H]1CC[C@H]1[C@@H]3[C@@H](O)CC[C@@]3(C)[C@H](O)C[C@@H]12. The van der Waals surface area contributed by atoms with Crippen LogP contribution < -0.4 is 0 Å². The largest absolute Gasteiger partial charge is 0.393 e. The van der Waals surface area contributed by atoms with Crippen molar-refractivity contribution in [2.24, 2.45) is 34.5 Å². The minimum absolute atomic E-state index is 0.0154. The maximum Gasteiger partial charge on any atom is 0.0600 e. The second-order valence-electron chi connectivity index (χ2n) is 9.19. The van der Waals surface area contributed by atoms with E-state index in [9.17, 15) is 10.2 Å². The topological polar surface area (TPSA) is 40.5 Å². The first-order valence-electron chi connectivity index (χ1n) is 9.33. The van der Waals surface area contributed by atoms with Crippen LogP contribution in [0.5, 0.6) is 0 Å². The van der Waals surface area contributed by atoms with Crippen LogP contribution in [0.4, 0.5) is 0 Å². The molecule has 2 N–H and O–H groups in total. The predicted octanol–water partition coefficient (Wildman–Crippen LogP) is 3.75. The van der Waals surface area contributed by atoms with Crippen molar-refractivity contribution in [1.29, 1.82) is 0 Å². The van der Waals surface area contributed by atoms with Crippen molar-refractivity contribution >= 4 is 0 Å². The van der Waals surface area contributed by atoms with E-state index in [0.29, 0.717) is 23.2 Å². The maximum absolute atomic E-state index is 10.9. The molecule has 4 saturated carbocycles. The molecule has 4 aliphatic rings. The minimum atomic E-state index is -0.196. The summed E-state index contributed by atoms with van der Waals surface area (Å²) in [6.45, 7) is 4.77. The van der Waals surface area contributed by atoms with Crippen molar-refractivity contribution < 1.29 is 10.2 Å². The highest BCUT2D eigenvalue weighted by molar-refractivity contribution is 5.11. The zero-order valence-corrected chi connectivity index (χ0v) is 13.7. The van der Waals surface area contributed by atoms with Crippen molar-refractivity contribution in [3.63, 3.8) is 0 Å². The van der Waals surface area contributed by atoms with Gasteiger partial charge >= 0.3 is 0 Å². The van der Waals surface area contributed by atoms with Gasteiger partial charge in [0.1, 0.15) is 0 Å². The fourth-order valence-electron chi connectivity index (χ4n) is 7.27. The standard InChI is InChI=1S/C19H32O2/c1-18-9-4-3-5-12(18)6-7-13-14(18)11-16(21)19(2)10-8-15(20)17(13)19/h12-17,20-21H,3-11H2,1-2H3/t12-,13-,14+,15+,16-,17-,18+,19+/m1/s1. The van der Waals surface area contributed by atoms with E-state index in [2.05, 4.69) is 13.8 Å². The van der Waals surface area contributed by atoms with E-state index in [1.54, 1.807) is 0 Å². The first kappa shape index (κ1) is 14.5. The highest BCUT2D eigenvalue weighted by Gasteiger charge is 2.62. The molecule has 0 radical (unpaired) electrons. The van der Waals surface area contributed by atoms with E-state index in [-0.39, 0.29) is 17.6 Å². The third kappa shape index (κ3) is 1.84. The van der Waals surface area contributed by atoms with Gasteiger partial charge in [-0.15, -0.1) is 0 Å². The number of aliphatic hydroxyl groups is 2. The molecule has 0 aromatic carbocycles. The van der Waals surface area contributed by atoms with Crippen LogP contribution >= 0.6 is 0 Å². The summed E-state index contributed by atoms with van der Waals surface area (Å²) in [5.74, 6) is 2.54. The van der Waals surface area contributed by atoms with Gasteiger partial charge in [0.25, 0.3) is 0 Å². The highest BCUT2D eigenvalue weighted by Crippen LogP contribution is 2.66. The molecule has 21 heavy (non-hydrogen) atoms. The van der Waals surface area contributed by atoms with Crippen LogP contribution in [-0.4, -0.2) is 22.4 Å². The van der Waals surface area contributed by atoms with Crippen molar-refractivity contribution in [2.75, 3.05) is 0 Å². The molecule has 0 bridgehead atoms.